The summed E-state index contributed by atoms with van der Waals surface area (Å²) in [6.07, 6.45) is 1.83. The Hall–Kier alpha value is -1.57. The van der Waals surface area contributed by atoms with Gasteiger partial charge in [0.05, 0.1) is 6.54 Å². The zero-order valence-corrected chi connectivity index (χ0v) is 10.6. The van der Waals surface area contributed by atoms with Crippen LogP contribution in [0.1, 0.15) is 11.1 Å². The lowest BCUT2D eigenvalue weighted by Crippen LogP contribution is -3.00. The summed E-state index contributed by atoms with van der Waals surface area (Å²) in [7, 11) is 0. The molecule has 2 rings (SSSR count). The van der Waals surface area contributed by atoms with Crippen LogP contribution >= 0.6 is 0 Å². The second-order valence-corrected chi connectivity index (χ2v) is 3.35. The Morgan fingerprint density at radius 3 is 1.65 bits per heavy atom. The van der Waals surface area contributed by atoms with Crippen LogP contribution in [0, 0.1) is 0 Å². The summed E-state index contributed by atoms with van der Waals surface area (Å²) in [5, 5.41) is 0. The first-order valence-corrected chi connectivity index (χ1v) is 5.37. The molecule has 0 radical (unpaired) electrons. The van der Waals surface area contributed by atoms with E-state index in [1.165, 1.54) is 11.1 Å². The van der Waals surface area contributed by atoms with Crippen molar-refractivity contribution in [1.82, 2.24) is 0 Å². The van der Waals surface area contributed by atoms with E-state index in [0.717, 1.165) is 6.54 Å². The van der Waals surface area contributed by atoms with E-state index in [-0.39, 0.29) is 12.4 Å². The van der Waals surface area contributed by atoms with Crippen LogP contribution in [0.4, 0.5) is 0 Å². The van der Waals surface area contributed by atoms with Crippen molar-refractivity contribution in [2.45, 2.75) is 6.54 Å². The molecule has 17 heavy (non-hydrogen) atoms. The zero-order chi connectivity index (χ0) is 11.6. The topological polar surface area (TPSA) is 27.6 Å². The van der Waals surface area contributed by atoms with E-state index in [1.54, 1.807) is 0 Å². The first kappa shape index (κ1) is 15.4. The van der Waals surface area contributed by atoms with Gasteiger partial charge in [0.1, 0.15) is 0 Å². The Morgan fingerprint density at radius 2 is 1.35 bits per heavy atom. The Bertz CT molecular complexity index is 398. The second-order valence-electron chi connectivity index (χ2n) is 3.35. The number of rotatable bonds is 2. The molecule has 0 bridgehead atoms. The van der Waals surface area contributed by atoms with Crippen LogP contribution in [0.3, 0.4) is 0 Å². The molecule has 0 amide bonds. The van der Waals surface area contributed by atoms with E-state index in [9.17, 15) is 0 Å². The third kappa shape index (κ3) is 6.56. The fourth-order valence-corrected chi connectivity index (χ4v) is 1.23. The normalized spacial score (nSPS) is 8.29. The predicted octanol–water partition coefficient (Wildman–Crippen LogP) is -0.238. The maximum atomic E-state index is 3.76. The molecule has 2 aromatic rings. The molecule has 0 aromatic heterocycles. The van der Waals surface area contributed by atoms with E-state index in [2.05, 4.69) is 24.4 Å². The van der Waals surface area contributed by atoms with Crippen LogP contribution in [0.2, 0.25) is 0 Å². The molecular weight excluding hydrogens is 230 g/mol. The number of halogens is 1. The molecule has 0 atom stereocenters. The van der Waals surface area contributed by atoms with E-state index < -0.39 is 0 Å². The van der Waals surface area contributed by atoms with Crippen LogP contribution < -0.4 is 18.1 Å². The summed E-state index contributed by atoms with van der Waals surface area (Å²) < 4.78 is 0. The van der Waals surface area contributed by atoms with Gasteiger partial charge in [-0.05, 0) is 5.56 Å². The summed E-state index contributed by atoms with van der Waals surface area (Å²) in [6.45, 7) is 4.52. The highest BCUT2D eigenvalue weighted by molar-refractivity contribution is 5.45. The van der Waals surface area contributed by atoms with E-state index in [4.69, 9.17) is 0 Å². The molecule has 1 nitrogen and oxygen atoms in total. The number of quaternary nitrogens is 1. The van der Waals surface area contributed by atoms with Crippen molar-refractivity contribution in [2.75, 3.05) is 0 Å². The molecule has 0 spiro atoms. The van der Waals surface area contributed by atoms with Crippen molar-refractivity contribution >= 4 is 6.08 Å². The SMILES string of the molecule is C=Cc1ccccc1.[Cl-].[NH3+]Cc1ccccc1. The van der Waals surface area contributed by atoms with Gasteiger partial charge in [0.25, 0.3) is 0 Å². The lowest BCUT2D eigenvalue weighted by Gasteiger charge is -1.87. The Labute approximate surface area is 109 Å². The number of hydrogen-bond acceptors (Lipinski definition) is 0. The molecule has 0 aliphatic rings. The largest absolute Gasteiger partial charge is 1.00 e. The number of hydrogen-bond donors (Lipinski definition) is 1. The first-order chi connectivity index (χ1) is 7.86. The highest BCUT2D eigenvalue weighted by Gasteiger charge is 1.83. The first-order valence-electron chi connectivity index (χ1n) is 5.37. The Kier molecular flexibility index (Phi) is 8.75. The highest BCUT2D eigenvalue weighted by Crippen LogP contribution is 1.97. The van der Waals surface area contributed by atoms with E-state index in [1.807, 2.05) is 54.6 Å². The fourth-order valence-electron chi connectivity index (χ4n) is 1.23. The molecule has 0 aliphatic heterocycles. The molecule has 90 valence electrons. The minimum atomic E-state index is 0. The Balaban J connectivity index is 0.000000284. The van der Waals surface area contributed by atoms with Gasteiger partial charge in [-0.25, -0.2) is 0 Å². The van der Waals surface area contributed by atoms with Gasteiger partial charge < -0.3 is 18.1 Å². The summed E-state index contributed by atoms with van der Waals surface area (Å²) in [5.41, 5.74) is 6.23. The van der Waals surface area contributed by atoms with E-state index >= 15 is 0 Å². The van der Waals surface area contributed by atoms with Gasteiger partial charge in [0.15, 0.2) is 0 Å². The zero-order valence-electron chi connectivity index (χ0n) is 9.85. The average molecular weight is 248 g/mol. The quantitative estimate of drug-likeness (QED) is 0.759. The van der Waals surface area contributed by atoms with Gasteiger partial charge in [-0.2, -0.15) is 0 Å². The maximum Gasteiger partial charge on any atom is 0.0997 e. The molecule has 0 saturated heterocycles. The third-order valence-electron chi connectivity index (χ3n) is 2.17. The molecule has 0 fully saturated rings. The minimum Gasteiger partial charge on any atom is -1.00 e. The smallest absolute Gasteiger partial charge is 0.0997 e. The van der Waals surface area contributed by atoms with Crippen molar-refractivity contribution in [1.29, 1.82) is 0 Å². The molecule has 2 heteroatoms. The second kappa shape index (κ2) is 9.64. The van der Waals surface area contributed by atoms with Crippen LogP contribution in [-0.4, -0.2) is 0 Å². The summed E-state index contributed by atoms with van der Waals surface area (Å²) in [5.74, 6) is 0. The van der Waals surface area contributed by atoms with Crippen LogP contribution in [0.5, 0.6) is 0 Å². The number of benzene rings is 2. The minimum absolute atomic E-state index is 0. The predicted molar refractivity (Wildman–Crippen MR) is 69.6 cm³/mol. The average Bonchev–Trinajstić information content (AvgIpc) is 2.41. The summed E-state index contributed by atoms with van der Waals surface area (Å²) in [4.78, 5) is 0. The molecule has 2 aromatic carbocycles. The lowest BCUT2D eigenvalue weighted by atomic mass is 10.2. The van der Waals surface area contributed by atoms with Gasteiger partial charge >= 0.3 is 0 Å². The third-order valence-corrected chi connectivity index (χ3v) is 2.17. The Morgan fingerprint density at radius 1 is 0.882 bits per heavy atom. The fraction of sp³-hybridized carbons (Fsp3) is 0.0667. The molecular formula is C15H18ClN. The summed E-state index contributed by atoms with van der Waals surface area (Å²) in [6, 6.07) is 20.3. The van der Waals surface area contributed by atoms with Gasteiger partial charge in [-0.3, -0.25) is 0 Å². The van der Waals surface area contributed by atoms with Crippen molar-refractivity contribution in [3.05, 3.63) is 78.4 Å². The van der Waals surface area contributed by atoms with Gasteiger partial charge in [0.2, 0.25) is 0 Å². The van der Waals surface area contributed by atoms with Gasteiger partial charge in [-0.1, -0.05) is 73.3 Å². The standard InChI is InChI=1S/C8H8.C7H9N.ClH/c1-2-8-6-4-3-5-7-8;8-6-7-4-2-1-3-5-7;/h2-7H,1H2;1-5H,6,8H2;1H. The van der Waals surface area contributed by atoms with Gasteiger partial charge in [0, 0.05) is 5.56 Å². The monoisotopic (exact) mass is 247 g/mol. The molecule has 0 heterocycles. The van der Waals surface area contributed by atoms with Crippen LogP contribution in [0.25, 0.3) is 6.08 Å². The van der Waals surface area contributed by atoms with Crippen molar-refractivity contribution in [3.8, 4) is 0 Å². The van der Waals surface area contributed by atoms with Crippen LogP contribution in [0.15, 0.2) is 67.2 Å². The summed E-state index contributed by atoms with van der Waals surface area (Å²) >= 11 is 0. The van der Waals surface area contributed by atoms with Crippen LogP contribution in [-0.2, 0) is 6.54 Å². The molecule has 0 saturated carbocycles. The van der Waals surface area contributed by atoms with Crippen molar-refractivity contribution in [2.24, 2.45) is 0 Å². The lowest BCUT2D eigenvalue weighted by molar-refractivity contribution is -0.386. The molecule has 0 unspecified atom stereocenters. The highest BCUT2D eigenvalue weighted by atomic mass is 35.5. The maximum absolute atomic E-state index is 3.76. The van der Waals surface area contributed by atoms with Crippen molar-refractivity contribution < 1.29 is 18.1 Å². The van der Waals surface area contributed by atoms with E-state index in [0.29, 0.717) is 0 Å². The molecule has 0 aliphatic carbocycles. The van der Waals surface area contributed by atoms with Gasteiger partial charge in [-0.15, -0.1) is 0 Å². The molecule has 3 N–H and O–H groups in total. The van der Waals surface area contributed by atoms with Crippen molar-refractivity contribution in [3.63, 3.8) is 0 Å².